The van der Waals surface area contributed by atoms with E-state index in [0.717, 1.165) is 6.42 Å². The Bertz CT molecular complexity index is 359. The Labute approximate surface area is 110 Å². The molecule has 0 aliphatic heterocycles. The molecule has 0 saturated heterocycles. The van der Waals surface area contributed by atoms with E-state index in [4.69, 9.17) is 0 Å². The summed E-state index contributed by atoms with van der Waals surface area (Å²) in [6.07, 6.45) is 0.993. The van der Waals surface area contributed by atoms with Crippen molar-refractivity contribution in [3.05, 3.63) is 29.3 Å². The predicted octanol–water partition coefficient (Wildman–Crippen LogP) is 4.34. The third kappa shape index (κ3) is 3.66. The molecule has 0 fully saturated rings. The molecule has 96 valence electrons. The first-order valence-electron chi connectivity index (χ1n) is 5.74. The largest absolute Gasteiger partial charge is 0.370 e. The van der Waals surface area contributed by atoms with Crippen molar-refractivity contribution in [2.24, 2.45) is 5.92 Å². The number of alkyl halides is 1. The van der Waals surface area contributed by atoms with Crippen molar-refractivity contribution >= 4 is 21.6 Å². The van der Waals surface area contributed by atoms with Crippen LogP contribution < -0.4 is 4.90 Å². The number of hydrogen-bond acceptors (Lipinski definition) is 1. The lowest BCUT2D eigenvalue weighted by Crippen LogP contribution is -2.25. The van der Waals surface area contributed by atoms with Gasteiger partial charge in [-0.1, -0.05) is 36.2 Å². The third-order valence-electron chi connectivity index (χ3n) is 2.90. The monoisotopic (exact) mass is 305 g/mol. The fourth-order valence-corrected chi connectivity index (χ4v) is 2.07. The van der Waals surface area contributed by atoms with E-state index in [1.165, 1.54) is 12.1 Å². The van der Waals surface area contributed by atoms with Gasteiger partial charge in [-0.15, -0.1) is 0 Å². The Kier molecular flexibility index (Phi) is 5.37. The summed E-state index contributed by atoms with van der Waals surface area (Å²) in [6, 6.07) is 2.75. The van der Waals surface area contributed by atoms with Gasteiger partial charge in [0.1, 0.15) is 17.3 Å². The van der Waals surface area contributed by atoms with Crippen molar-refractivity contribution in [2.75, 3.05) is 18.5 Å². The molecule has 1 atom stereocenters. The van der Waals surface area contributed by atoms with E-state index < -0.39 is 11.6 Å². The van der Waals surface area contributed by atoms with E-state index in [2.05, 4.69) is 29.8 Å². The Morgan fingerprint density at radius 3 is 2.24 bits per heavy atom. The highest BCUT2D eigenvalue weighted by Crippen LogP contribution is 2.25. The Morgan fingerprint density at radius 1 is 1.29 bits per heavy atom. The van der Waals surface area contributed by atoms with E-state index in [1.54, 1.807) is 11.9 Å². The lowest BCUT2D eigenvalue weighted by molar-refractivity contribution is 0.532. The number of anilines is 1. The maximum absolute atomic E-state index is 13.8. The van der Waals surface area contributed by atoms with Gasteiger partial charge in [-0.05, 0) is 23.6 Å². The van der Waals surface area contributed by atoms with Crippen LogP contribution in [0.3, 0.4) is 0 Å². The van der Waals surface area contributed by atoms with Crippen LogP contribution >= 0.6 is 15.9 Å². The van der Waals surface area contributed by atoms with Crippen LogP contribution in [0.2, 0.25) is 0 Å². The molecule has 1 rings (SSSR count). The zero-order chi connectivity index (χ0) is 13.0. The SMILES string of the molecule is CCC(C)CN(C)c1c(F)cc(CBr)cc1F. The number of nitrogens with zero attached hydrogens (tertiary/aromatic N) is 1. The second-order valence-corrected chi connectivity index (χ2v) is 5.00. The summed E-state index contributed by atoms with van der Waals surface area (Å²) in [5.41, 5.74) is 0.677. The number of rotatable bonds is 5. The van der Waals surface area contributed by atoms with Crippen molar-refractivity contribution in [1.29, 1.82) is 0 Å². The highest BCUT2D eigenvalue weighted by molar-refractivity contribution is 9.08. The van der Waals surface area contributed by atoms with Crippen LogP contribution in [-0.2, 0) is 5.33 Å². The van der Waals surface area contributed by atoms with Crippen LogP contribution in [0.15, 0.2) is 12.1 Å². The maximum Gasteiger partial charge on any atom is 0.149 e. The van der Waals surface area contributed by atoms with E-state index in [1.807, 2.05) is 0 Å². The molecule has 0 heterocycles. The summed E-state index contributed by atoms with van der Waals surface area (Å²) in [5.74, 6) is -0.579. The molecular formula is C13H18BrF2N. The van der Waals surface area contributed by atoms with Gasteiger partial charge < -0.3 is 4.90 Å². The molecule has 0 spiro atoms. The molecule has 0 aromatic heterocycles. The Balaban J connectivity index is 2.97. The fraction of sp³-hybridized carbons (Fsp3) is 0.538. The summed E-state index contributed by atoms with van der Waals surface area (Å²) in [4.78, 5) is 1.65. The Morgan fingerprint density at radius 2 is 1.82 bits per heavy atom. The third-order valence-corrected chi connectivity index (χ3v) is 3.54. The van der Waals surface area contributed by atoms with E-state index in [0.29, 0.717) is 23.4 Å². The molecule has 0 aliphatic carbocycles. The maximum atomic E-state index is 13.8. The average Bonchev–Trinajstić information content (AvgIpc) is 2.27. The minimum absolute atomic E-state index is 0.0648. The van der Waals surface area contributed by atoms with Crippen molar-refractivity contribution in [1.82, 2.24) is 0 Å². The topological polar surface area (TPSA) is 3.24 Å². The zero-order valence-electron chi connectivity index (χ0n) is 10.4. The normalized spacial score (nSPS) is 12.6. The molecule has 0 amide bonds. The summed E-state index contributed by atoms with van der Waals surface area (Å²) in [6.45, 7) is 4.79. The van der Waals surface area contributed by atoms with Gasteiger partial charge in [0.25, 0.3) is 0 Å². The molecule has 0 N–H and O–H groups in total. The first-order chi connectivity index (χ1) is 7.99. The molecule has 17 heavy (non-hydrogen) atoms. The van der Waals surface area contributed by atoms with Gasteiger partial charge >= 0.3 is 0 Å². The lowest BCUT2D eigenvalue weighted by Gasteiger charge is -2.24. The van der Waals surface area contributed by atoms with E-state index >= 15 is 0 Å². The Hall–Kier alpha value is -0.640. The summed E-state index contributed by atoms with van der Waals surface area (Å²) in [7, 11) is 1.72. The van der Waals surface area contributed by atoms with Crippen molar-refractivity contribution in [3.63, 3.8) is 0 Å². The molecule has 0 aliphatic rings. The molecule has 1 unspecified atom stereocenters. The number of benzene rings is 1. The van der Waals surface area contributed by atoms with Crippen LogP contribution in [-0.4, -0.2) is 13.6 Å². The van der Waals surface area contributed by atoms with Crippen LogP contribution in [0.5, 0.6) is 0 Å². The standard InChI is InChI=1S/C13H18BrF2N/c1-4-9(2)8-17(3)13-11(15)5-10(7-14)6-12(13)16/h5-6,9H,4,7-8H2,1-3H3. The van der Waals surface area contributed by atoms with Gasteiger partial charge in [0.2, 0.25) is 0 Å². The van der Waals surface area contributed by atoms with Crippen molar-refractivity contribution < 1.29 is 8.78 Å². The molecular weight excluding hydrogens is 288 g/mol. The molecule has 1 aromatic rings. The highest BCUT2D eigenvalue weighted by atomic mass is 79.9. The fourth-order valence-electron chi connectivity index (χ4n) is 1.75. The first-order valence-corrected chi connectivity index (χ1v) is 6.86. The second-order valence-electron chi connectivity index (χ2n) is 4.44. The number of hydrogen-bond donors (Lipinski definition) is 0. The second kappa shape index (κ2) is 6.34. The molecule has 1 aromatic carbocycles. The van der Waals surface area contributed by atoms with Gasteiger partial charge in [0, 0.05) is 18.9 Å². The highest BCUT2D eigenvalue weighted by Gasteiger charge is 2.16. The lowest BCUT2D eigenvalue weighted by atomic mass is 10.1. The zero-order valence-corrected chi connectivity index (χ0v) is 12.0. The van der Waals surface area contributed by atoms with Gasteiger partial charge in [0.15, 0.2) is 0 Å². The van der Waals surface area contributed by atoms with Crippen molar-refractivity contribution in [3.8, 4) is 0 Å². The van der Waals surface area contributed by atoms with Crippen LogP contribution in [0.4, 0.5) is 14.5 Å². The summed E-state index contributed by atoms with van der Waals surface area (Å²) < 4.78 is 27.6. The van der Waals surface area contributed by atoms with Gasteiger partial charge in [-0.3, -0.25) is 0 Å². The predicted molar refractivity (Wildman–Crippen MR) is 71.7 cm³/mol. The summed E-state index contributed by atoms with van der Waals surface area (Å²) >= 11 is 3.19. The van der Waals surface area contributed by atoms with E-state index in [9.17, 15) is 8.78 Å². The van der Waals surface area contributed by atoms with Crippen molar-refractivity contribution in [2.45, 2.75) is 25.6 Å². The minimum atomic E-state index is -0.495. The summed E-state index contributed by atoms with van der Waals surface area (Å²) in [5, 5.41) is 0.455. The van der Waals surface area contributed by atoms with Gasteiger partial charge in [-0.25, -0.2) is 8.78 Å². The molecule has 0 saturated carbocycles. The van der Waals surface area contributed by atoms with Crippen LogP contribution in [0.25, 0.3) is 0 Å². The molecule has 0 bridgehead atoms. The van der Waals surface area contributed by atoms with Gasteiger partial charge in [-0.2, -0.15) is 0 Å². The van der Waals surface area contributed by atoms with Gasteiger partial charge in [0.05, 0.1) is 0 Å². The minimum Gasteiger partial charge on any atom is -0.370 e. The number of halogens is 3. The molecule has 1 nitrogen and oxygen atoms in total. The first kappa shape index (κ1) is 14.4. The average molecular weight is 306 g/mol. The molecule has 4 heteroatoms. The van der Waals surface area contributed by atoms with E-state index in [-0.39, 0.29) is 5.69 Å². The quantitative estimate of drug-likeness (QED) is 0.731. The van der Waals surface area contributed by atoms with Crippen LogP contribution in [0, 0.1) is 17.6 Å². The smallest absolute Gasteiger partial charge is 0.149 e. The molecule has 0 radical (unpaired) electrons. The van der Waals surface area contributed by atoms with Crippen LogP contribution in [0.1, 0.15) is 25.8 Å².